The first-order valence-corrected chi connectivity index (χ1v) is 12.0. The Morgan fingerprint density at radius 1 is 1.16 bits per heavy atom. The third-order valence-electron chi connectivity index (χ3n) is 4.89. The highest BCUT2D eigenvalue weighted by molar-refractivity contribution is 7.92. The van der Waals surface area contributed by atoms with E-state index in [9.17, 15) is 13.2 Å². The van der Waals surface area contributed by atoms with Crippen LogP contribution in [-0.4, -0.2) is 41.3 Å². The topological polar surface area (TPSA) is 84.9 Å². The van der Waals surface area contributed by atoms with E-state index in [-0.39, 0.29) is 24.9 Å². The Hall–Kier alpha value is -2.45. The number of halogens is 1. The number of benzene rings is 2. The lowest BCUT2D eigenvalue weighted by molar-refractivity contribution is -0.121. The number of carbonyl (C=O) groups excluding carboxylic acids is 1. The quantitative estimate of drug-likeness (QED) is 0.567. The summed E-state index contributed by atoms with van der Waals surface area (Å²) >= 11 is 6.05. The summed E-state index contributed by atoms with van der Waals surface area (Å²) in [6.45, 7) is 3.84. The van der Waals surface area contributed by atoms with Gasteiger partial charge in [0.15, 0.2) is 0 Å². The molecule has 2 aromatic carbocycles. The van der Waals surface area contributed by atoms with Crippen molar-refractivity contribution in [3.63, 3.8) is 0 Å². The van der Waals surface area contributed by atoms with Crippen LogP contribution in [0, 0.1) is 6.92 Å². The van der Waals surface area contributed by atoms with Crippen molar-refractivity contribution >= 4 is 33.2 Å². The molecule has 0 aliphatic rings. The van der Waals surface area contributed by atoms with Gasteiger partial charge in [0.1, 0.15) is 11.5 Å². The molecule has 9 heteroatoms. The molecule has 2 aromatic rings. The van der Waals surface area contributed by atoms with Gasteiger partial charge in [-0.3, -0.25) is 9.10 Å². The van der Waals surface area contributed by atoms with Gasteiger partial charge < -0.3 is 14.8 Å². The summed E-state index contributed by atoms with van der Waals surface area (Å²) in [7, 11) is -0.385. The van der Waals surface area contributed by atoms with Crippen molar-refractivity contribution in [2.45, 2.75) is 32.7 Å². The van der Waals surface area contributed by atoms with E-state index in [1.807, 2.05) is 19.9 Å². The third-order valence-corrected chi connectivity index (χ3v) is 6.30. The zero-order valence-corrected chi connectivity index (χ0v) is 20.0. The van der Waals surface area contributed by atoms with Gasteiger partial charge in [0.2, 0.25) is 15.9 Å². The van der Waals surface area contributed by atoms with E-state index in [1.54, 1.807) is 44.6 Å². The first-order valence-electron chi connectivity index (χ1n) is 9.82. The molecule has 0 aromatic heterocycles. The number of hydrogen-bond acceptors (Lipinski definition) is 5. The molecule has 31 heavy (non-hydrogen) atoms. The number of sulfonamides is 1. The highest BCUT2D eigenvalue weighted by Gasteiger charge is 2.20. The van der Waals surface area contributed by atoms with E-state index >= 15 is 0 Å². The van der Waals surface area contributed by atoms with Crippen LogP contribution in [0.2, 0.25) is 5.02 Å². The van der Waals surface area contributed by atoms with E-state index in [1.165, 1.54) is 4.31 Å². The molecule has 1 amide bonds. The Kier molecular flexibility index (Phi) is 8.59. The van der Waals surface area contributed by atoms with Crippen LogP contribution in [0.1, 0.15) is 36.9 Å². The Morgan fingerprint density at radius 3 is 2.48 bits per heavy atom. The monoisotopic (exact) mass is 468 g/mol. The highest BCUT2D eigenvalue weighted by atomic mass is 35.5. The molecule has 0 fully saturated rings. The predicted molar refractivity (Wildman–Crippen MR) is 124 cm³/mol. The fourth-order valence-corrected chi connectivity index (χ4v) is 4.45. The molecular formula is C22H29ClN2O5S. The van der Waals surface area contributed by atoms with Crippen molar-refractivity contribution in [3.8, 4) is 11.5 Å². The molecule has 0 aliphatic carbocycles. The van der Waals surface area contributed by atoms with Gasteiger partial charge in [0.05, 0.1) is 32.2 Å². The van der Waals surface area contributed by atoms with Gasteiger partial charge in [-0.2, -0.15) is 0 Å². The van der Waals surface area contributed by atoms with Crippen LogP contribution in [0.4, 0.5) is 5.69 Å². The molecule has 2 rings (SSSR count). The van der Waals surface area contributed by atoms with Crippen LogP contribution in [0.3, 0.4) is 0 Å². The van der Waals surface area contributed by atoms with Crippen molar-refractivity contribution in [1.82, 2.24) is 5.32 Å². The van der Waals surface area contributed by atoms with Gasteiger partial charge in [-0.1, -0.05) is 17.7 Å². The van der Waals surface area contributed by atoms with Gasteiger partial charge in [0.25, 0.3) is 0 Å². The van der Waals surface area contributed by atoms with Crippen molar-refractivity contribution in [2.24, 2.45) is 0 Å². The molecule has 7 nitrogen and oxygen atoms in total. The zero-order valence-electron chi connectivity index (χ0n) is 18.4. The van der Waals surface area contributed by atoms with Gasteiger partial charge in [-0.05, 0) is 56.2 Å². The number of ether oxygens (including phenoxy) is 2. The molecule has 0 bridgehead atoms. The van der Waals surface area contributed by atoms with Crippen LogP contribution in [0.25, 0.3) is 0 Å². The largest absolute Gasteiger partial charge is 0.497 e. The van der Waals surface area contributed by atoms with Crippen LogP contribution < -0.4 is 19.1 Å². The van der Waals surface area contributed by atoms with E-state index in [0.717, 1.165) is 17.4 Å². The number of nitrogens with zero attached hydrogens (tertiary/aromatic N) is 1. The maximum absolute atomic E-state index is 12.5. The number of nitrogens with one attached hydrogen (secondary N) is 1. The minimum Gasteiger partial charge on any atom is -0.497 e. The molecular weight excluding hydrogens is 440 g/mol. The van der Waals surface area contributed by atoms with Crippen LogP contribution in [0.15, 0.2) is 36.4 Å². The number of hydrogen-bond donors (Lipinski definition) is 1. The molecule has 1 atom stereocenters. The molecule has 0 spiro atoms. The molecule has 170 valence electrons. The molecule has 1 N–H and O–H groups in total. The van der Waals surface area contributed by atoms with Crippen LogP contribution >= 0.6 is 11.6 Å². The summed E-state index contributed by atoms with van der Waals surface area (Å²) in [6.07, 6.45) is 1.67. The number of carbonyl (C=O) groups is 1. The number of methoxy groups -OCH3 is 2. The van der Waals surface area contributed by atoms with Crippen molar-refractivity contribution < 1.29 is 22.7 Å². The maximum atomic E-state index is 12.5. The fraction of sp³-hybridized carbons (Fsp3) is 0.409. The van der Waals surface area contributed by atoms with Crippen molar-refractivity contribution in [3.05, 3.63) is 52.5 Å². The SMILES string of the molecule is COc1ccc(OC)c(C(C)NC(=O)CCCN(c2cc(Cl)ccc2C)S(C)(=O)=O)c1. The lowest BCUT2D eigenvalue weighted by Gasteiger charge is -2.24. The Labute approximate surface area is 189 Å². The molecule has 0 aliphatic heterocycles. The number of rotatable bonds is 10. The maximum Gasteiger partial charge on any atom is 0.232 e. The first kappa shape index (κ1) is 24.8. The number of aryl methyl sites for hydroxylation is 1. The number of amides is 1. The van der Waals surface area contributed by atoms with E-state index in [2.05, 4.69) is 5.32 Å². The Morgan fingerprint density at radius 2 is 1.87 bits per heavy atom. The van der Waals surface area contributed by atoms with E-state index in [4.69, 9.17) is 21.1 Å². The lowest BCUT2D eigenvalue weighted by atomic mass is 10.1. The highest BCUT2D eigenvalue weighted by Crippen LogP contribution is 2.29. The summed E-state index contributed by atoms with van der Waals surface area (Å²) in [5.74, 6) is 1.12. The predicted octanol–water partition coefficient (Wildman–Crippen LogP) is 4.09. The second kappa shape index (κ2) is 10.7. The molecule has 0 saturated heterocycles. The summed E-state index contributed by atoms with van der Waals surface area (Å²) in [5, 5.41) is 3.38. The Bertz CT molecular complexity index is 1030. The second-order valence-electron chi connectivity index (χ2n) is 7.27. The van der Waals surface area contributed by atoms with E-state index < -0.39 is 10.0 Å². The fourth-order valence-electron chi connectivity index (χ4n) is 3.27. The second-order valence-corrected chi connectivity index (χ2v) is 9.61. The van der Waals surface area contributed by atoms with Crippen molar-refractivity contribution in [2.75, 3.05) is 31.3 Å². The van der Waals surface area contributed by atoms with Crippen LogP contribution in [-0.2, 0) is 14.8 Å². The van der Waals surface area contributed by atoms with Gasteiger partial charge in [0, 0.05) is 23.6 Å². The van der Waals surface area contributed by atoms with Crippen molar-refractivity contribution in [1.29, 1.82) is 0 Å². The average Bonchev–Trinajstić information content (AvgIpc) is 2.71. The third kappa shape index (κ3) is 6.77. The summed E-state index contributed by atoms with van der Waals surface area (Å²) in [5.41, 5.74) is 2.10. The minimum atomic E-state index is -3.53. The number of anilines is 1. The zero-order chi connectivity index (χ0) is 23.2. The molecule has 0 saturated carbocycles. The van der Waals surface area contributed by atoms with Gasteiger partial charge in [-0.25, -0.2) is 8.42 Å². The molecule has 1 unspecified atom stereocenters. The molecule has 0 heterocycles. The lowest BCUT2D eigenvalue weighted by Crippen LogP contribution is -2.33. The van der Waals surface area contributed by atoms with Crippen LogP contribution in [0.5, 0.6) is 11.5 Å². The van der Waals surface area contributed by atoms with Gasteiger partial charge >= 0.3 is 0 Å². The summed E-state index contributed by atoms with van der Waals surface area (Å²) < 4.78 is 36.6. The standard InChI is InChI=1S/C22H29ClN2O5S/c1-15-8-9-17(23)13-20(15)25(31(5,27)28)12-6-7-22(26)24-16(2)19-14-18(29-3)10-11-21(19)30-4/h8-11,13-14,16H,6-7,12H2,1-5H3,(H,24,26). The first-order chi connectivity index (χ1) is 14.6. The normalized spacial score (nSPS) is 12.2. The smallest absolute Gasteiger partial charge is 0.232 e. The summed E-state index contributed by atoms with van der Waals surface area (Å²) in [4.78, 5) is 12.5. The average molecular weight is 469 g/mol. The minimum absolute atomic E-state index is 0.169. The van der Waals surface area contributed by atoms with E-state index in [0.29, 0.717) is 28.6 Å². The molecule has 0 radical (unpaired) electrons. The van der Waals surface area contributed by atoms with Gasteiger partial charge in [-0.15, -0.1) is 0 Å². The Balaban J connectivity index is 2.04. The summed E-state index contributed by atoms with van der Waals surface area (Å²) in [6, 6.07) is 10.2.